The van der Waals surface area contributed by atoms with Gasteiger partial charge in [0.05, 0.1) is 11.5 Å². The molecule has 2 fully saturated rings. The van der Waals surface area contributed by atoms with E-state index in [1.807, 2.05) is 0 Å². The van der Waals surface area contributed by atoms with E-state index >= 15 is 0 Å². The normalized spacial score (nSPS) is 31.1. The molecule has 1 atom stereocenters. The van der Waals surface area contributed by atoms with Crippen LogP contribution in [0.4, 0.5) is 0 Å². The lowest BCUT2D eigenvalue weighted by atomic mass is 9.60. The minimum atomic E-state index is -2.74. The van der Waals surface area contributed by atoms with Crippen LogP contribution in [0.25, 0.3) is 0 Å². The molecule has 0 aromatic rings. The maximum Gasteiger partial charge on any atom is 0.150 e. The van der Waals surface area contributed by atoms with E-state index in [4.69, 9.17) is 0 Å². The van der Waals surface area contributed by atoms with E-state index in [2.05, 4.69) is 26.1 Å². The van der Waals surface area contributed by atoms with Crippen molar-refractivity contribution in [3.8, 4) is 0 Å². The molecule has 0 aromatic carbocycles. The summed E-state index contributed by atoms with van der Waals surface area (Å²) in [4.78, 5) is 0. The van der Waals surface area contributed by atoms with Crippen molar-refractivity contribution in [1.82, 2.24) is 5.32 Å². The van der Waals surface area contributed by atoms with Crippen molar-refractivity contribution in [3.05, 3.63) is 0 Å². The van der Waals surface area contributed by atoms with Crippen LogP contribution < -0.4 is 5.32 Å². The Kier molecular flexibility index (Phi) is 3.32. The fraction of sp³-hybridized carbons (Fsp3) is 1.00. The van der Waals surface area contributed by atoms with Crippen molar-refractivity contribution in [2.24, 2.45) is 11.3 Å². The fourth-order valence-electron chi connectivity index (χ4n) is 3.08. The Bertz CT molecular complexity index is 377. The first-order chi connectivity index (χ1) is 7.73. The highest BCUT2D eigenvalue weighted by Crippen LogP contribution is 2.50. The van der Waals surface area contributed by atoms with Gasteiger partial charge in [-0.3, -0.25) is 0 Å². The van der Waals surface area contributed by atoms with Gasteiger partial charge in [0.1, 0.15) is 0 Å². The Labute approximate surface area is 105 Å². The van der Waals surface area contributed by atoms with E-state index < -0.39 is 9.84 Å². The zero-order valence-corrected chi connectivity index (χ0v) is 12.1. The summed E-state index contributed by atoms with van der Waals surface area (Å²) >= 11 is 0. The van der Waals surface area contributed by atoms with E-state index in [0.29, 0.717) is 17.4 Å². The van der Waals surface area contributed by atoms with Gasteiger partial charge < -0.3 is 5.32 Å². The Morgan fingerprint density at radius 3 is 2.29 bits per heavy atom. The van der Waals surface area contributed by atoms with E-state index in [9.17, 15) is 8.42 Å². The Balaban J connectivity index is 2.00. The van der Waals surface area contributed by atoms with Gasteiger partial charge >= 0.3 is 0 Å². The molecule has 3 nitrogen and oxygen atoms in total. The molecule has 2 rings (SSSR count). The van der Waals surface area contributed by atoms with Crippen molar-refractivity contribution < 1.29 is 8.42 Å². The van der Waals surface area contributed by atoms with Crippen LogP contribution in [0.5, 0.6) is 0 Å². The SMILES string of the molecule is CC(C)(C)NCC1(C2CCS(=O)(=O)C2)CCC1. The van der Waals surface area contributed by atoms with E-state index in [-0.39, 0.29) is 11.0 Å². The molecule has 17 heavy (non-hydrogen) atoms. The van der Waals surface area contributed by atoms with Crippen LogP contribution in [0.2, 0.25) is 0 Å². The molecule has 1 saturated heterocycles. The lowest BCUT2D eigenvalue weighted by molar-refractivity contribution is 0.0541. The summed E-state index contributed by atoms with van der Waals surface area (Å²) in [6, 6.07) is 0. The number of rotatable bonds is 3. The molecule has 0 amide bonds. The van der Waals surface area contributed by atoms with Crippen LogP contribution >= 0.6 is 0 Å². The second kappa shape index (κ2) is 4.23. The van der Waals surface area contributed by atoms with E-state index in [0.717, 1.165) is 13.0 Å². The summed E-state index contributed by atoms with van der Waals surface area (Å²) in [5.74, 6) is 1.24. The van der Waals surface area contributed by atoms with Crippen molar-refractivity contribution in [3.63, 3.8) is 0 Å². The average molecular weight is 259 g/mol. The zero-order valence-electron chi connectivity index (χ0n) is 11.3. The van der Waals surface area contributed by atoms with Gasteiger partial charge in [-0.2, -0.15) is 0 Å². The zero-order chi connectivity index (χ0) is 12.7. The number of nitrogens with one attached hydrogen (secondary N) is 1. The summed E-state index contributed by atoms with van der Waals surface area (Å²) in [7, 11) is -2.74. The molecular formula is C13H25NO2S. The molecule has 0 radical (unpaired) electrons. The minimum absolute atomic E-state index is 0.125. The lowest BCUT2D eigenvalue weighted by Gasteiger charge is -2.48. The van der Waals surface area contributed by atoms with Crippen molar-refractivity contribution in [2.75, 3.05) is 18.1 Å². The van der Waals surface area contributed by atoms with E-state index in [1.54, 1.807) is 0 Å². The summed E-state index contributed by atoms with van der Waals surface area (Å²) in [6.45, 7) is 7.50. The standard InChI is InChI=1S/C13H25NO2S/c1-12(2,3)14-10-13(6-4-7-13)11-5-8-17(15,16)9-11/h11,14H,4-10H2,1-3H3. The van der Waals surface area contributed by atoms with Crippen molar-refractivity contribution >= 4 is 9.84 Å². The van der Waals surface area contributed by atoms with E-state index in [1.165, 1.54) is 19.3 Å². The third kappa shape index (κ3) is 3.02. The number of hydrogen-bond donors (Lipinski definition) is 1. The van der Waals surface area contributed by atoms with Crippen LogP contribution in [-0.2, 0) is 9.84 Å². The Morgan fingerprint density at radius 1 is 1.29 bits per heavy atom. The average Bonchev–Trinajstić information content (AvgIpc) is 2.42. The maximum atomic E-state index is 11.6. The smallest absolute Gasteiger partial charge is 0.150 e. The third-order valence-corrected chi connectivity index (χ3v) is 6.19. The highest BCUT2D eigenvalue weighted by atomic mass is 32.2. The van der Waals surface area contributed by atoms with Gasteiger partial charge in [0.2, 0.25) is 0 Å². The predicted molar refractivity (Wildman–Crippen MR) is 70.8 cm³/mol. The quantitative estimate of drug-likeness (QED) is 0.843. The Morgan fingerprint density at radius 2 is 1.94 bits per heavy atom. The first-order valence-corrected chi connectivity index (χ1v) is 8.50. The van der Waals surface area contributed by atoms with Crippen LogP contribution in [0.3, 0.4) is 0 Å². The number of hydrogen-bond acceptors (Lipinski definition) is 3. The van der Waals surface area contributed by atoms with Crippen LogP contribution in [0.15, 0.2) is 0 Å². The minimum Gasteiger partial charge on any atom is -0.312 e. The Hall–Kier alpha value is -0.0900. The van der Waals surface area contributed by atoms with Gasteiger partial charge in [0, 0.05) is 12.1 Å². The third-order valence-electron chi connectivity index (χ3n) is 4.42. The largest absolute Gasteiger partial charge is 0.312 e. The van der Waals surface area contributed by atoms with Gasteiger partial charge in [-0.25, -0.2) is 8.42 Å². The van der Waals surface area contributed by atoms with Crippen LogP contribution in [0.1, 0.15) is 46.5 Å². The molecule has 1 heterocycles. The lowest BCUT2D eigenvalue weighted by Crippen LogP contribution is -2.50. The molecule has 1 unspecified atom stereocenters. The second-order valence-electron chi connectivity index (χ2n) is 6.92. The monoisotopic (exact) mass is 259 g/mol. The molecule has 2 aliphatic rings. The molecule has 1 saturated carbocycles. The highest BCUT2D eigenvalue weighted by Gasteiger charge is 2.48. The summed E-state index contributed by atoms with van der Waals surface area (Å²) in [5, 5.41) is 3.57. The van der Waals surface area contributed by atoms with Crippen molar-refractivity contribution in [1.29, 1.82) is 0 Å². The maximum absolute atomic E-state index is 11.6. The predicted octanol–water partition coefficient (Wildman–Crippen LogP) is 1.98. The molecule has 1 aliphatic heterocycles. The molecule has 0 spiro atoms. The molecule has 100 valence electrons. The molecule has 0 bridgehead atoms. The first-order valence-electron chi connectivity index (χ1n) is 6.68. The first kappa shape index (κ1) is 13.3. The highest BCUT2D eigenvalue weighted by molar-refractivity contribution is 7.91. The summed E-state index contributed by atoms with van der Waals surface area (Å²) in [5.41, 5.74) is 0.400. The van der Waals surface area contributed by atoms with Gasteiger partial charge in [-0.15, -0.1) is 0 Å². The van der Waals surface area contributed by atoms with Gasteiger partial charge in [-0.05, 0) is 51.4 Å². The molecule has 1 N–H and O–H groups in total. The summed E-state index contributed by atoms with van der Waals surface area (Å²) in [6.07, 6.45) is 4.56. The molecule has 1 aliphatic carbocycles. The van der Waals surface area contributed by atoms with Gasteiger partial charge in [0.25, 0.3) is 0 Å². The molecule has 0 aromatic heterocycles. The second-order valence-corrected chi connectivity index (χ2v) is 9.15. The topological polar surface area (TPSA) is 46.2 Å². The molecular weight excluding hydrogens is 234 g/mol. The fourth-order valence-corrected chi connectivity index (χ4v) is 5.02. The van der Waals surface area contributed by atoms with Gasteiger partial charge in [0.15, 0.2) is 9.84 Å². The van der Waals surface area contributed by atoms with Gasteiger partial charge in [-0.1, -0.05) is 6.42 Å². The van der Waals surface area contributed by atoms with Crippen LogP contribution in [0, 0.1) is 11.3 Å². The number of sulfone groups is 1. The molecule has 4 heteroatoms. The summed E-state index contributed by atoms with van der Waals surface area (Å²) < 4.78 is 23.2. The van der Waals surface area contributed by atoms with Crippen LogP contribution in [-0.4, -0.2) is 32.0 Å². The van der Waals surface area contributed by atoms with Crippen molar-refractivity contribution in [2.45, 2.75) is 52.0 Å².